The number of hydrogen-bond acceptors (Lipinski definition) is 4. The highest BCUT2D eigenvalue weighted by Crippen LogP contribution is 2.24. The maximum absolute atomic E-state index is 11.9. The normalized spacial score (nSPS) is 16.5. The predicted octanol–water partition coefficient (Wildman–Crippen LogP) is 2.43. The van der Waals surface area contributed by atoms with Gasteiger partial charge in [-0.05, 0) is 37.3 Å². The molecule has 1 aromatic heterocycles. The summed E-state index contributed by atoms with van der Waals surface area (Å²) in [6, 6.07) is 4.74. The SMILES string of the molecule is CCNC(=NCCNC(=O)C(C)(C)C)NC1CCN(c2cccs2)CC1. The maximum Gasteiger partial charge on any atom is 0.225 e. The maximum atomic E-state index is 11.9. The Bertz CT molecular complexity index is 571. The zero-order chi connectivity index (χ0) is 19.0. The van der Waals surface area contributed by atoms with Gasteiger partial charge in [-0.2, -0.15) is 0 Å². The van der Waals surface area contributed by atoms with Gasteiger partial charge >= 0.3 is 0 Å². The fourth-order valence-electron chi connectivity index (χ4n) is 2.81. The summed E-state index contributed by atoms with van der Waals surface area (Å²) in [7, 11) is 0. The predicted molar refractivity (Wildman–Crippen MR) is 111 cm³/mol. The summed E-state index contributed by atoms with van der Waals surface area (Å²) in [5, 5.41) is 13.3. The van der Waals surface area contributed by atoms with Gasteiger partial charge in [0.1, 0.15) is 0 Å². The first-order valence-corrected chi connectivity index (χ1v) is 10.4. The minimum absolute atomic E-state index is 0.0617. The molecule has 1 fully saturated rings. The highest BCUT2D eigenvalue weighted by atomic mass is 32.1. The Labute approximate surface area is 161 Å². The Morgan fingerprint density at radius 3 is 2.62 bits per heavy atom. The smallest absolute Gasteiger partial charge is 0.225 e. The van der Waals surface area contributed by atoms with Crippen molar-refractivity contribution in [2.24, 2.45) is 10.4 Å². The number of thiophene rings is 1. The van der Waals surface area contributed by atoms with Crippen LogP contribution in [0.5, 0.6) is 0 Å². The van der Waals surface area contributed by atoms with Crippen molar-refractivity contribution in [3.8, 4) is 0 Å². The van der Waals surface area contributed by atoms with E-state index in [0.29, 0.717) is 19.1 Å². The molecule has 0 radical (unpaired) electrons. The Morgan fingerprint density at radius 2 is 2.04 bits per heavy atom. The molecule has 6 nitrogen and oxygen atoms in total. The fraction of sp³-hybridized carbons (Fsp3) is 0.684. The van der Waals surface area contributed by atoms with Gasteiger partial charge in [0.25, 0.3) is 0 Å². The van der Waals surface area contributed by atoms with Crippen LogP contribution in [-0.4, -0.2) is 50.6 Å². The molecule has 2 rings (SSSR count). The summed E-state index contributed by atoms with van der Waals surface area (Å²) >= 11 is 1.81. The molecule has 0 unspecified atom stereocenters. The van der Waals surface area contributed by atoms with Gasteiger partial charge in [0.2, 0.25) is 5.91 Å². The van der Waals surface area contributed by atoms with Crippen molar-refractivity contribution in [1.82, 2.24) is 16.0 Å². The van der Waals surface area contributed by atoms with Gasteiger partial charge in [-0.1, -0.05) is 20.8 Å². The first-order chi connectivity index (χ1) is 12.4. The molecule has 146 valence electrons. The summed E-state index contributed by atoms with van der Waals surface area (Å²) in [5.41, 5.74) is -0.358. The average Bonchev–Trinajstić information content (AvgIpc) is 3.13. The van der Waals surface area contributed by atoms with Crippen molar-refractivity contribution in [3.05, 3.63) is 17.5 Å². The lowest BCUT2D eigenvalue weighted by molar-refractivity contribution is -0.128. The molecule has 1 aromatic rings. The summed E-state index contributed by atoms with van der Waals surface area (Å²) in [5.74, 6) is 0.902. The third-order valence-corrected chi connectivity index (χ3v) is 5.28. The van der Waals surface area contributed by atoms with E-state index in [-0.39, 0.29) is 11.3 Å². The summed E-state index contributed by atoms with van der Waals surface area (Å²) in [4.78, 5) is 18.9. The van der Waals surface area contributed by atoms with E-state index in [0.717, 1.165) is 38.4 Å². The molecular formula is C19H33N5OS. The molecular weight excluding hydrogens is 346 g/mol. The number of nitrogens with zero attached hydrogens (tertiary/aromatic N) is 2. The largest absolute Gasteiger partial charge is 0.363 e. The number of amides is 1. The number of piperidine rings is 1. The van der Waals surface area contributed by atoms with Crippen LogP contribution in [0.4, 0.5) is 5.00 Å². The third-order valence-electron chi connectivity index (χ3n) is 4.35. The quantitative estimate of drug-likeness (QED) is 0.403. The van der Waals surface area contributed by atoms with Gasteiger partial charge in [0, 0.05) is 37.6 Å². The summed E-state index contributed by atoms with van der Waals surface area (Å²) < 4.78 is 0. The van der Waals surface area contributed by atoms with E-state index in [1.807, 2.05) is 20.8 Å². The Kier molecular flexibility index (Phi) is 7.75. The van der Waals surface area contributed by atoms with E-state index in [1.54, 1.807) is 11.3 Å². The monoisotopic (exact) mass is 379 g/mol. The van der Waals surface area contributed by atoms with Crippen molar-refractivity contribution in [2.75, 3.05) is 37.6 Å². The lowest BCUT2D eigenvalue weighted by Gasteiger charge is -2.33. The fourth-order valence-corrected chi connectivity index (χ4v) is 3.60. The van der Waals surface area contributed by atoms with Crippen LogP contribution in [0.25, 0.3) is 0 Å². The van der Waals surface area contributed by atoms with Gasteiger partial charge < -0.3 is 20.9 Å². The zero-order valence-corrected chi connectivity index (χ0v) is 17.3. The molecule has 3 N–H and O–H groups in total. The first-order valence-electron chi connectivity index (χ1n) is 9.51. The zero-order valence-electron chi connectivity index (χ0n) is 16.5. The van der Waals surface area contributed by atoms with Gasteiger partial charge in [0.05, 0.1) is 11.5 Å². The Hall–Kier alpha value is -1.76. The van der Waals surface area contributed by atoms with Crippen LogP contribution in [0.3, 0.4) is 0 Å². The number of carbonyl (C=O) groups is 1. The Balaban J connectivity index is 1.76. The molecule has 26 heavy (non-hydrogen) atoms. The van der Waals surface area contributed by atoms with E-state index >= 15 is 0 Å². The number of anilines is 1. The molecule has 2 heterocycles. The lowest BCUT2D eigenvalue weighted by Crippen LogP contribution is -2.49. The minimum Gasteiger partial charge on any atom is -0.363 e. The van der Waals surface area contributed by atoms with Gasteiger partial charge in [0.15, 0.2) is 5.96 Å². The number of nitrogens with one attached hydrogen (secondary N) is 3. The first kappa shape index (κ1) is 20.6. The van der Waals surface area contributed by atoms with Gasteiger partial charge in [-0.3, -0.25) is 9.79 Å². The number of hydrogen-bond donors (Lipinski definition) is 3. The van der Waals surface area contributed by atoms with E-state index in [1.165, 1.54) is 5.00 Å². The highest BCUT2D eigenvalue weighted by molar-refractivity contribution is 7.14. The highest BCUT2D eigenvalue weighted by Gasteiger charge is 2.21. The minimum atomic E-state index is -0.358. The van der Waals surface area contributed by atoms with Crippen molar-refractivity contribution >= 4 is 28.2 Å². The number of rotatable bonds is 6. The molecule has 1 saturated heterocycles. The van der Waals surface area contributed by atoms with E-state index in [9.17, 15) is 4.79 Å². The molecule has 7 heteroatoms. The van der Waals surface area contributed by atoms with Crippen LogP contribution in [0.15, 0.2) is 22.5 Å². The molecule has 0 aliphatic carbocycles. The topological polar surface area (TPSA) is 68.8 Å². The molecule has 0 aromatic carbocycles. The summed E-state index contributed by atoms with van der Waals surface area (Å²) in [6.07, 6.45) is 2.20. The van der Waals surface area contributed by atoms with Crippen molar-refractivity contribution in [3.63, 3.8) is 0 Å². The number of carbonyl (C=O) groups excluding carboxylic acids is 1. The van der Waals surface area contributed by atoms with Crippen LogP contribution in [-0.2, 0) is 4.79 Å². The molecule has 1 aliphatic heterocycles. The van der Waals surface area contributed by atoms with Crippen LogP contribution in [0.1, 0.15) is 40.5 Å². The van der Waals surface area contributed by atoms with Crippen LogP contribution >= 0.6 is 11.3 Å². The van der Waals surface area contributed by atoms with Gasteiger partial charge in [-0.25, -0.2) is 0 Å². The van der Waals surface area contributed by atoms with E-state index < -0.39 is 0 Å². The van der Waals surface area contributed by atoms with Crippen LogP contribution in [0, 0.1) is 5.41 Å². The van der Waals surface area contributed by atoms with Gasteiger partial charge in [-0.15, -0.1) is 11.3 Å². The number of guanidine groups is 1. The van der Waals surface area contributed by atoms with Crippen molar-refractivity contribution in [1.29, 1.82) is 0 Å². The number of aliphatic imine (C=N–C) groups is 1. The average molecular weight is 380 g/mol. The molecule has 1 aliphatic rings. The molecule has 0 spiro atoms. The van der Waals surface area contributed by atoms with Crippen molar-refractivity contribution < 1.29 is 4.79 Å². The third kappa shape index (κ3) is 6.52. The molecule has 0 bridgehead atoms. The molecule has 0 saturated carbocycles. The van der Waals surface area contributed by atoms with E-state index in [2.05, 4.69) is 50.3 Å². The molecule has 1 amide bonds. The summed E-state index contributed by atoms with van der Waals surface area (Å²) in [6.45, 7) is 11.9. The second kappa shape index (κ2) is 9.80. The van der Waals surface area contributed by atoms with Crippen LogP contribution < -0.4 is 20.9 Å². The standard InChI is InChI=1S/C19H33N5OS/c1-5-20-18(22-11-10-21-17(25)19(2,3)4)23-15-8-12-24(13-9-15)16-7-6-14-26-16/h6-7,14-15H,5,8-13H2,1-4H3,(H,21,25)(H2,20,22,23). The second-order valence-corrected chi connectivity index (χ2v) is 8.55. The second-order valence-electron chi connectivity index (χ2n) is 7.62. The van der Waals surface area contributed by atoms with Crippen molar-refractivity contribution in [2.45, 2.75) is 46.6 Å². The van der Waals surface area contributed by atoms with E-state index in [4.69, 9.17) is 0 Å². The molecule has 0 atom stereocenters. The van der Waals surface area contributed by atoms with Crippen LogP contribution in [0.2, 0.25) is 0 Å². The lowest BCUT2D eigenvalue weighted by atomic mass is 9.96. The Morgan fingerprint density at radius 1 is 1.31 bits per heavy atom.